The van der Waals surface area contributed by atoms with Gasteiger partial charge in [0.05, 0.1) is 13.2 Å². The largest absolute Gasteiger partial charge is 0.386 e. The molecular weight excluding hydrogens is 182 g/mol. The van der Waals surface area contributed by atoms with Crippen LogP contribution in [0.4, 0.5) is 0 Å². The van der Waals surface area contributed by atoms with E-state index in [4.69, 9.17) is 9.47 Å². The summed E-state index contributed by atoms with van der Waals surface area (Å²) >= 11 is 0. The molecule has 0 aromatic rings. The van der Waals surface area contributed by atoms with Crippen LogP contribution >= 0.6 is 0 Å². The molecule has 4 heteroatoms. The zero-order valence-electron chi connectivity index (χ0n) is 8.92. The highest BCUT2D eigenvalue weighted by Gasteiger charge is 2.31. The van der Waals surface area contributed by atoms with E-state index < -0.39 is 5.60 Å². The van der Waals surface area contributed by atoms with Gasteiger partial charge in [-0.1, -0.05) is 6.92 Å². The second-order valence-corrected chi connectivity index (χ2v) is 3.82. The molecule has 1 atom stereocenters. The van der Waals surface area contributed by atoms with Crippen molar-refractivity contribution in [2.45, 2.75) is 25.4 Å². The van der Waals surface area contributed by atoms with Crippen LogP contribution in [0, 0.1) is 0 Å². The first kappa shape index (κ1) is 11.9. The molecule has 0 saturated carbocycles. The van der Waals surface area contributed by atoms with Crippen molar-refractivity contribution in [1.82, 2.24) is 5.32 Å². The van der Waals surface area contributed by atoms with Crippen LogP contribution in [0.15, 0.2) is 0 Å². The Balaban J connectivity index is 1.92. The summed E-state index contributed by atoms with van der Waals surface area (Å²) in [6, 6.07) is 0. The summed E-state index contributed by atoms with van der Waals surface area (Å²) in [5.74, 6) is 0. The first-order chi connectivity index (χ1) is 6.77. The molecule has 84 valence electrons. The third kappa shape index (κ3) is 4.37. The molecule has 2 N–H and O–H groups in total. The molecule has 0 bridgehead atoms. The molecule has 0 aromatic carbocycles. The second kappa shape index (κ2) is 6.35. The number of hydrogen-bond acceptors (Lipinski definition) is 4. The van der Waals surface area contributed by atoms with Crippen LogP contribution in [0.2, 0.25) is 0 Å². The van der Waals surface area contributed by atoms with Crippen LogP contribution in [0.1, 0.15) is 19.8 Å². The van der Waals surface area contributed by atoms with E-state index in [2.05, 4.69) is 12.2 Å². The highest BCUT2D eigenvalue weighted by Crippen LogP contribution is 2.16. The smallest absolute Gasteiger partial charge is 0.102 e. The van der Waals surface area contributed by atoms with E-state index in [0.717, 1.165) is 26.0 Å². The van der Waals surface area contributed by atoms with Crippen LogP contribution < -0.4 is 5.32 Å². The molecule has 1 aliphatic rings. The molecule has 4 nitrogen and oxygen atoms in total. The van der Waals surface area contributed by atoms with E-state index in [1.54, 1.807) is 0 Å². The lowest BCUT2D eigenvalue weighted by Gasteiger charge is -2.20. The van der Waals surface area contributed by atoms with Crippen LogP contribution in [-0.4, -0.2) is 50.2 Å². The normalized spacial score (nSPS) is 27.0. The van der Waals surface area contributed by atoms with Crippen LogP contribution in [0.3, 0.4) is 0 Å². The van der Waals surface area contributed by atoms with Gasteiger partial charge in [-0.3, -0.25) is 0 Å². The van der Waals surface area contributed by atoms with E-state index in [9.17, 15) is 5.11 Å². The molecule has 1 heterocycles. The fourth-order valence-electron chi connectivity index (χ4n) is 1.45. The zero-order chi connectivity index (χ0) is 10.3. The van der Waals surface area contributed by atoms with Gasteiger partial charge >= 0.3 is 0 Å². The van der Waals surface area contributed by atoms with Crippen LogP contribution in [0.5, 0.6) is 0 Å². The molecule has 0 aromatic heterocycles. The summed E-state index contributed by atoms with van der Waals surface area (Å²) in [6.45, 7) is 6.14. The Labute approximate surface area is 85.6 Å². The molecule has 1 aliphatic heterocycles. The monoisotopic (exact) mass is 203 g/mol. The minimum absolute atomic E-state index is 0.454. The summed E-state index contributed by atoms with van der Waals surface area (Å²) < 4.78 is 10.4. The molecule has 0 radical (unpaired) electrons. The van der Waals surface area contributed by atoms with Crippen molar-refractivity contribution >= 4 is 0 Å². The topological polar surface area (TPSA) is 50.7 Å². The average Bonchev–Trinajstić information content (AvgIpc) is 2.59. The van der Waals surface area contributed by atoms with Gasteiger partial charge in [-0.15, -0.1) is 0 Å². The molecule has 1 fully saturated rings. The van der Waals surface area contributed by atoms with Gasteiger partial charge in [0.15, 0.2) is 0 Å². The lowest BCUT2D eigenvalue weighted by atomic mass is 10.0. The van der Waals surface area contributed by atoms with Crippen molar-refractivity contribution in [3.8, 4) is 0 Å². The van der Waals surface area contributed by atoms with Gasteiger partial charge in [-0.05, 0) is 6.42 Å². The molecule has 0 aliphatic carbocycles. The maximum absolute atomic E-state index is 9.87. The molecule has 1 rings (SSSR count). The quantitative estimate of drug-likeness (QED) is 0.578. The summed E-state index contributed by atoms with van der Waals surface area (Å²) in [5.41, 5.74) is -0.648. The van der Waals surface area contributed by atoms with Gasteiger partial charge in [-0.25, -0.2) is 0 Å². The predicted octanol–water partition coefficient (Wildman–Crippen LogP) is 0.154. The van der Waals surface area contributed by atoms with E-state index in [1.165, 1.54) is 0 Å². The van der Waals surface area contributed by atoms with Crippen molar-refractivity contribution in [2.75, 3.05) is 39.5 Å². The fourth-order valence-corrected chi connectivity index (χ4v) is 1.45. The highest BCUT2D eigenvalue weighted by atomic mass is 16.5. The van der Waals surface area contributed by atoms with Crippen LogP contribution in [-0.2, 0) is 9.47 Å². The molecule has 1 saturated heterocycles. The zero-order valence-corrected chi connectivity index (χ0v) is 8.92. The third-order valence-corrected chi connectivity index (χ3v) is 2.31. The van der Waals surface area contributed by atoms with Crippen LogP contribution in [0.25, 0.3) is 0 Å². The Morgan fingerprint density at radius 1 is 1.50 bits per heavy atom. The molecular formula is C10H21NO3. The van der Waals surface area contributed by atoms with Crippen molar-refractivity contribution < 1.29 is 14.6 Å². The number of rotatable bonds is 7. The number of nitrogens with one attached hydrogen (secondary N) is 1. The summed E-state index contributed by atoms with van der Waals surface area (Å²) in [4.78, 5) is 0. The minimum Gasteiger partial charge on any atom is -0.386 e. The fraction of sp³-hybridized carbons (Fsp3) is 1.00. The number of hydrogen-bond donors (Lipinski definition) is 2. The maximum atomic E-state index is 9.87. The van der Waals surface area contributed by atoms with Gasteiger partial charge in [0.1, 0.15) is 5.60 Å². The number of aliphatic hydroxyl groups is 1. The Morgan fingerprint density at radius 3 is 3.00 bits per heavy atom. The molecule has 1 unspecified atom stereocenters. The Morgan fingerprint density at radius 2 is 2.36 bits per heavy atom. The average molecular weight is 203 g/mol. The first-order valence-corrected chi connectivity index (χ1v) is 5.35. The third-order valence-electron chi connectivity index (χ3n) is 2.31. The van der Waals surface area contributed by atoms with Crippen molar-refractivity contribution in [3.63, 3.8) is 0 Å². The van der Waals surface area contributed by atoms with Crippen molar-refractivity contribution in [1.29, 1.82) is 0 Å². The Bertz CT molecular complexity index is 146. The van der Waals surface area contributed by atoms with Gasteiger partial charge in [0.25, 0.3) is 0 Å². The first-order valence-electron chi connectivity index (χ1n) is 5.35. The summed E-state index contributed by atoms with van der Waals surface area (Å²) in [5, 5.41) is 13.0. The standard InChI is InChI=1S/C10H21NO3/c1-2-5-13-7-4-11-8-10(12)3-6-14-9-10/h11-12H,2-9H2,1H3. The van der Waals surface area contributed by atoms with E-state index in [-0.39, 0.29) is 0 Å². The molecule has 0 amide bonds. The minimum atomic E-state index is -0.648. The SMILES string of the molecule is CCCOCCNCC1(O)CCOC1. The van der Waals surface area contributed by atoms with E-state index in [0.29, 0.717) is 26.4 Å². The summed E-state index contributed by atoms with van der Waals surface area (Å²) in [7, 11) is 0. The lowest BCUT2D eigenvalue weighted by Crippen LogP contribution is -2.42. The predicted molar refractivity (Wildman–Crippen MR) is 54.4 cm³/mol. The Hall–Kier alpha value is -0.160. The molecule has 0 spiro atoms. The second-order valence-electron chi connectivity index (χ2n) is 3.82. The van der Waals surface area contributed by atoms with E-state index >= 15 is 0 Å². The number of ether oxygens (including phenoxy) is 2. The highest BCUT2D eigenvalue weighted by molar-refractivity contribution is 4.84. The van der Waals surface area contributed by atoms with E-state index in [1.807, 2.05) is 0 Å². The van der Waals surface area contributed by atoms with Gasteiger partial charge in [0, 0.05) is 32.7 Å². The maximum Gasteiger partial charge on any atom is 0.102 e. The van der Waals surface area contributed by atoms with Gasteiger partial charge < -0.3 is 19.9 Å². The van der Waals surface area contributed by atoms with Gasteiger partial charge in [-0.2, -0.15) is 0 Å². The summed E-state index contributed by atoms with van der Waals surface area (Å²) in [6.07, 6.45) is 1.79. The molecule has 14 heavy (non-hydrogen) atoms. The lowest BCUT2D eigenvalue weighted by molar-refractivity contribution is 0.0252. The van der Waals surface area contributed by atoms with Gasteiger partial charge in [0.2, 0.25) is 0 Å². The van der Waals surface area contributed by atoms with Crippen molar-refractivity contribution in [3.05, 3.63) is 0 Å². The van der Waals surface area contributed by atoms with Crippen molar-refractivity contribution in [2.24, 2.45) is 0 Å². The Kier molecular flexibility index (Phi) is 5.40.